The van der Waals surface area contributed by atoms with Gasteiger partial charge in [0, 0.05) is 0 Å². The van der Waals surface area contributed by atoms with Crippen LogP contribution in [0.2, 0.25) is 0 Å². The standard InChI is InChI=1S/C20H22.C8H9.C4H4S.2CH4.BrH.Mg/c1-15-9-16(2)12-19(11-15)7-5-6-8-20-13-17(3)10-18(4)14-20;1-7-4-3-5-8(2)6-7;1-2-4-5-3-1;;;;/h5-14H,1-4H3;4-6H,1-2H3;1-4H;2*1H4;1H;/q;-1;;;;;+2/p-1/b7-5+,8-6+;;;;;;. The summed E-state index contributed by atoms with van der Waals surface area (Å²) in [6.45, 7) is 12.7. The molecule has 37 heavy (non-hydrogen) atoms. The summed E-state index contributed by atoms with van der Waals surface area (Å²) in [5.74, 6) is 0. The second kappa shape index (κ2) is 22.1. The third-order valence-electron chi connectivity index (χ3n) is 4.68. The SMILES string of the molecule is C.C.Cc1c[c-]cc(C)c1.Cc1cc(C)cc(/C=C/C=C/c2cc(C)cc(C)c2)c1.[Br-].[Mg+2].c1ccsc1. The third-order valence-corrected chi connectivity index (χ3v) is 5.31. The first-order chi connectivity index (χ1) is 15.8. The fourth-order valence-electron chi connectivity index (χ4n) is 3.52. The van der Waals surface area contributed by atoms with Crippen molar-refractivity contribution in [3.05, 3.63) is 140 Å². The van der Waals surface area contributed by atoms with E-state index in [0.717, 1.165) is 0 Å². The summed E-state index contributed by atoms with van der Waals surface area (Å²) in [5, 5.41) is 4.08. The van der Waals surface area contributed by atoms with Crippen molar-refractivity contribution in [2.45, 2.75) is 56.4 Å². The minimum atomic E-state index is 0. The molecule has 4 rings (SSSR count). The monoisotopic (exact) mass is 586 g/mol. The van der Waals surface area contributed by atoms with Gasteiger partial charge < -0.3 is 17.0 Å². The number of rotatable bonds is 3. The average molecular weight is 588 g/mol. The first kappa shape index (κ1) is 39.6. The van der Waals surface area contributed by atoms with E-state index in [1.54, 1.807) is 11.3 Å². The van der Waals surface area contributed by atoms with E-state index in [1.807, 2.05) is 35.0 Å². The van der Waals surface area contributed by atoms with E-state index < -0.39 is 0 Å². The number of hydrogen-bond donors (Lipinski definition) is 0. The number of aryl methyl sites for hydroxylation is 6. The molecule has 4 aromatic rings. The number of hydrogen-bond acceptors (Lipinski definition) is 1. The van der Waals surface area contributed by atoms with E-state index in [4.69, 9.17) is 0 Å². The molecular formula is C34H43BrMgS. The van der Waals surface area contributed by atoms with Gasteiger partial charge in [-0.05, 0) is 49.6 Å². The molecule has 0 fully saturated rings. The molecule has 0 atom stereocenters. The van der Waals surface area contributed by atoms with Crippen molar-refractivity contribution >= 4 is 46.5 Å². The van der Waals surface area contributed by atoms with Crippen LogP contribution < -0.4 is 17.0 Å². The van der Waals surface area contributed by atoms with E-state index in [-0.39, 0.29) is 54.9 Å². The average Bonchev–Trinajstić information content (AvgIpc) is 3.30. The summed E-state index contributed by atoms with van der Waals surface area (Å²) >= 11 is 1.71. The molecule has 0 nitrogen and oxygen atoms in total. The number of allylic oxidation sites excluding steroid dienone is 2. The molecule has 0 amide bonds. The third kappa shape index (κ3) is 18.1. The summed E-state index contributed by atoms with van der Waals surface area (Å²) < 4.78 is 0. The van der Waals surface area contributed by atoms with Gasteiger partial charge in [-0.25, -0.2) is 0 Å². The normalized spacial score (nSPS) is 9.35. The van der Waals surface area contributed by atoms with Crippen LogP contribution in [-0.4, -0.2) is 23.1 Å². The molecule has 0 aliphatic carbocycles. The Balaban J connectivity index is -0.000000567. The Labute approximate surface area is 258 Å². The molecule has 1 aromatic heterocycles. The molecule has 194 valence electrons. The van der Waals surface area contributed by atoms with Gasteiger partial charge in [-0.3, -0.25) is 0 Å². The summed E-state index contributed by atoms with van der Waals surface area (Å²) in [5.41, 5.74) is 10.3. The Kier molecular flexibility index (Phi) is 23.7. The summed E-state index contributed by atoms with van der Waals surface area (Å²) in [7, 11) is 0. The van der Waals surface area contributed by atoms with E-state index in [0.29, 0.717) is 0 Å². The van der Waals surface area contributed by atoms with E-state index >= 15 is 0 Å². The molecule has 0 spiro atoms. The maximum atomic E-state index is 3.03. The quantitative estimate of drug-likeness (QED) is 0.133. The van der Waals surface area contributed by atoms with Crippen LogP contribution in [0.15, 0.2) is 89.6 Å². The maximum Gasteiger partial charge on any atom is 2.00 e. The summed E-state index contributed by atoms with van der Waals surface area (Å²) in [4.78, 5) is 0. The first-order valence-electron chi connectivity index (χ1n) is 11.2. The molecule has 0 radical (unpaired) electrons. The summed E-state index contributed by atoms with van der Waals surface area (Å²) in [6, 6.07) is 26.4. The van der Waals surface area contributed by atoms with Crippen molar-refractivity contribution < 1.29 is 17.0 Å². The Morgan fingerprint density at radius 1 is 0.541 bits per heavy atom. The van der Waals surface area contributed by atoms with Crippen LogP contribution in [0, 0.1) is 47.6 Å². The second-order valence-electron chi connectivity index (χ2n) is 8.44. The number of halogens is 1. The largest absolute Gasteiger partial charge is 2.00 e. The molecule has 0 unspecified atom stereocenters. The molecule has 3 heteroatoms. The second-order valence-corrected chi connectivity index (χ2v) is 9.26. The van der Waals surface area contributed by atoms with Gasteiger partial charge in [0.25, 0.3) is 0 Å². The van der Waals surface area contributed by atoms with Gasteiger partial charge in [-0.1, -0.05) is 124 Å². The minimum Gasteiger partial charge on any atom is -1.00 e. The Morgan fingerprint density at radius 2 is 0.865 bits per heavy atom. The Hall–Kier alpha value is -1.91. The van der Waals surface area contributed by atoms with E-state index in [2.05, 4.69) is 114 Å². The van der Waals surface area contributed by atoms with Crippen molar-refractivity contribution in [2.75, 3.05) is 0 Å². The maximum absolute atomic E-state index is 3.03. The molecule has 0 saturated carbocycles. The van der Waals surface area contributed by atoms with Gasteiger partial charge in [0.2, 0.25) is 0 Å². The first-order valence-corrected chi connectivity index (χ1v) is 12.2. The zero-order valence-corrected chi connectivity index (χ0v) is 25.6. The topological polar surface area (TPSA) is 0 Å². The van der Waals surface area contributed by atoms with Gasteiger partial charge in [-0.15, -0.1) is 0 Å². The van der Waals surface area contributed by atoms with Crippen LogP contribution in [-0.2, 0) is 0 Å². The Bertz CT molecular complexity index is 1040. The predicted octanol–water partition coefficient (Wildman–Crippen LogP) is 7.39. The van der Waals surface area contributed by atoms with Crippen molar-refractivity contribution in [3.63, 3.8) is 0 Å². The van der Waals surface area contributed by atoms with E-state index in [1.165, 1.54) is 44.5 Å². The van der Waals surface area contributed by atoms with Crippen molar-refractivity contribution in [1.29, 1.82) is 0 Å². The van der Waals surface area contributed by atoms with Gasteiger partial charge in [0.15, 0.2) is 0 Å². The van der Waals surface area contributed by atoms with E-state index in [9.17, 15) is 0 Å². The molecule has 1 heterocycles. The van der Waals surface area contributed by atoms with Crippen LogP contribution >= 0.6 is 11.3 Å². The van der Waals surface area contributed by atoms with Crippen LogP contribution in [0.1, 0.15) is 59.4 Å². The molecule has 0 saturated heterocycles. The fourth-order valence-corrected chi connectivity index (χ4v) is 3.97. The van der Waals surface area contributed by atoms with Crippen molar-refractivity contribution in [3.8, 4) is 0 Å². The molecule has 0 N–H and O–H groups in total. The zero-order valence-electron chi connectivity index (χ0n) is 21.8. The number of benzene rings is 3. The fraction of sp³-hybridized carbons (Fsp3) is 0.235. The van der Waals surface area contributed by atoms with Crippen LogP contribution in [0.25, 0.3) is 12.2 Å². The molecule has 0 aliphatic rings. The van der Waals surface area contributed by atoms with Crippen molar-refractivity contribution in [2.24, 2.45) is 0 Å². The summed E-state index contributed by atoms with van der Waals surface area (Å²) in [6.07, 6.45) is 8.51. The number of thiophene rings is 1. The van der Waals surface area contributed by atoms with Crippen LogP contribution in [0.5, 0.6) is 0 Å². The van der Waals surface area contributed by atoms with Gasteiger partial charge in [0.05, 0.1) is 0 Å². The molecule has 0 bridgehead atoms. The van der Waals surface area contributed by atoms with Crippen LogP contribution in [0.3, 0.4) is 0 Å². The minimum absolute atomic E-state index is 0. The zero-order chi connectivity index (χ0) is 24.1. The smallest absolute Gasteiger partial charge is 1.00 e. The van der Waals surface area contributed by atoms with Gasteiger partial charge in [0.1, 0.15) is 0 Å². The Morgan fingerprint density at radius 3 is 1.11 bits per heavy atom. The molecule has 0 aliphatic heterocycles. The van der Waals surface area contributed by atoms with Gasteiger partial charge >= 0.3 is 23.1 Å². The molecule has 3 aromatic carbocycles. The van der Waals surface area contributed by atoms with Crippen LogP contribution in [0.4, 0.5) is 0 Å². The van der Waals surface area contributed by atoms with Gasteiger partial charge in [-0.2, -0.15) is 46.7 Å². The molecular weight excluding hydrogens is 545 g/mol. The predicted molar refractivity (Wildman–Crippen MR) is 168 cm³/mol. The van der Waals surface area contributed by atoms with Crippen molar-refractivity contribution in [1.82, 2.24) is 0 Å².